The maximum Gasteiger partial charge on any atom is 0.345 e. The van der Waals surface area contributed by atoms with Crippen molar-refractivity contribution in [3.63, 3.8) is 0 Å². The maximum atomic E-state index is 11.7. The molecule has 1 N–H and O–H groups in total. The monoisotopic (exact) mass is 748 g/mol. The summed E-state index contributed by atoms with van der Waals surface area (Å²) in [5.41, 5.74) is 0. The molecule has 2 saturated heterocycles. The molecule has 0 aliphatic carbocycles. The maximum absolute atomic E-state index is 11.7. The Morgan fingerprint density at radius 3 is 1.18 bits per heavy atom. The van der Waals surface area contributed by atoms with Crippen molar-refractivity contribution in [3.05, 3.63) is 0 Å². The molecule has 51 heavy (non-hydrogen) atoms. The van der Waals surface area contributed by atoms with E-state index in [0.29, 0.717) is 11.5 Å². The molecule has 0 radical (unpaired) electrons. The van der Waals surface area contributed by atoms with Crippen LogP contribution in [0.2, 0.25) is 0 Å². The molecular formula is C39H81N5O6S. The summed E-state index contributed by atoms with van der Waals surface area (Å²) in [6.07, 6.45) is 22.7. The van der Waals surface area contributed by atoms with Gasteiger partial charge >= 0.3 is 6.03 Å². The average Bonchev–Trinajstić information content (AvgIpc) is 3.33. The molecule has 2 aliphatic heterocycles. The number of unbranched alkanes of at least 4 members (excludes halogenated alkanes) is 8. The average molecular weight is 748 g/mol. The normalized spacial score (nSPS) is 17.5. The van der Waals surface area contributed by atoms with E-state index in [-0.39, 0.29) is 13.0 Å². The Bertz CT molecular complexity index is 903. The van der Waals surface area contributed by atoms with Gasteiger partial charge in [0.2, 0.25) is 10.4 Å². The van der Waals surface area contributed by atoms with Crippen molar-refractivity contribution in [2.24, 2.45) is 0 Å². The number of carbonyl (C=O) groups is 1. The van der Waals surface area contributed by atoms with Crippen LogP contribution in [0.15, 0.2) is 0 Å². The predicted octanol–water partition coefficient (Wildman–Crippen LogP) is 7.99. The summed E-state index contributed by atoms with van der Waals surface area (Å²) in [5, 5.41) is 18.4. The summed E-state index contributed by atoms with van der Waals surface area (Å²) < 4.78 is 38.2. The second kappa shape index (κ2) is 28.0. The smallest absolute Gasteiger partial charge is 0.345 e. The molecule has 0 saturated carbocycles. The van der Waals surface area contributed by atoms with Gasteiger partial charge in [0.15, 0.2) is 0 Å². The third kappa shape index (κ3) is 20.0. The number of fused-ring (bicyclic) bond motifs is 2. The summed E-state index contributed by atoms with van der Waals surface area (Å²) in [4.78, 5) is 12.7. The first-order valence-electron chi connectivity index (χ1n) is 21.0. The van der Waals surface area contributed by atoms with Gasteiger partial charge in [0.05, 0.1) is 64.4 Å². The van der Waals surface area contributed by atoms with E-state index < -0.39 is 34.4 Å². The largest absolute Gasteiger partial charge is 0.861 e. The third-order valence-electron chi connectivity index (χ3n) is 10.7. The minimum absolute atomic E-state index is 0.0869. The van der Waals surface area contributed by atoms with Crippen LogP contribution < -0.4 is 5.11 Å². The van der Waals surface area contributed by atoms with E-state index in [4.69, 9.17) is 5.41 Å². The fourth-order valence-corrected chi connectivity index (χ4v) is 7.77. The van der Waals surface area contributed by atoms with Crippen LogP contribution in [0.5, 0.6) is 0 Å². The lowest BCUT2D eigenvalue weighted by molar-refractivity contribution is -0.929. The quantitative estimate of drug-likeness (QED) is 0.0297. The lowest BCUT2D eigenvalue weighted by Crippen LogP contribution is -2.50. The second-order valence-electron chi connectivity index (χ2n) is 15.2. The van der Waals surface area contributed by atoms with Crippen LogP contribution in [0.25, 0.3) is 0 Å². The van der Waals surface area contributed by atoms with Gasteiger partial charge in [-0.2, -0.15) is 9.35 Å². The predicted molar refractivity (Wildman–Crippen MR) is 208 cm³/mol. The molecule has 0 aromatic rings. The van der Waals surface area contributed by atoms with Gasteiger partial charge in [0, 0.05) is 6.54 Å². The summed E-state index contributed by atoms with van der Waals surface area (Å²) in [5.74, 6) is -0.913. The standard InChI is InChI=1S/2C16H36N.C7H11N3O6S/c2*1-5-9-13-17(14-10-6-2,15-11-7-3)16-12-8-4;8-6(11)5-2-1-4-3-9(5)7(12)10(4)16-17(13,14)15/h2*5-16H2,1-4H3;4-5H,1-3H2,(H2,8,11)(H,13,14,15)/q2*+1;/p-2/t;;4-,5-/m..1/s1. The van der Waals surface area contributed by atoms with E-state index >= 15 is 0 Å². The molecule has 0 unspecified atom stereocenters. The van der Waals surface area contributed by atoms with Crippen LogP contribution in [0, 0.1) is 5.41 Å². The van der Waals surface area contributed by atoms with E-state index in [1.165, 1.54) is 164 Å². The van der Waals surface area contributed by atoms with Gasteiger partial charge in [0.1, 0.15) is 0 Å². The Hall–Kier alpha value is -1.47. The van der Waals surface area contributed by atoms with E-state index in [2.05, 4.69) is 59.7 Å². The van der Waals surface area contributed by atoms with Crippen molar-refractivity contribution >= 4 is 22.3 Å². The number of carbonyl (C=O) groups excluding carboxylic acids is 1. The lowest BCUT2D eigenvalue weighted by atomic mass is 10.0. The first-order chi connectivity index (χ1) is 24.3. The van der Waals surface area contributed by atoms with Gasteiger partial charge in [-0.15, -0.1) is 0 Å². The Morgan fingerprint density at radius 2 is 0.941 bits per heavy atom. The number of amides is 2. The molecule has 304 valence electrons. The molecule has 12 heteroatoms. The van der Waals surface area contributed by atoms with Crippen molar-refractivity contribution in [2.45, 2.75) is 183 Å². The van der Waals surface area contributed by atoms with E-state index in [1.54, 1.807) is 0 Å². The van der Waals surface area contributed by atoms with Crippen molar-refractivity contribution in [3.8, 4) is 0 Å². The van der Waals surface area contributed by atoms with Crippen molar-refractivity contribution in [2.75, 3.05) is 58.9 Å². The molecule has 0 aromatic heterocycles. The molecule has 2 fully saturated rings. The van der Waals surface area contributed by atoms with Gasteiger partial charge in [-0.25, -0.2) is 13.2 Å². The zero-order valence-corrected chi connectivity index (χ0v) is 35.2. The third-order valence-corrected chi connectivity index (χ3v) is 11.0. The SMILES string of the molecule is CCCC[N+](CCCC)(CCCC)CCCC.CCCC[N+](CCCC)(CCCC)CCCC.N=C([O-])[C@H]1CC[C@@H]2CN1C(=O)N2OS(=O)(=O)[O-]. The highest BCUT2D eigenvalue weighted by Gasteiger charge is 2.46. The topological polar surface area (TPSA) is 137 Å². The Kier molecular flexibility index (Phi) is 27.2. The molecule has 2 bridgehead atoms. The number of quaternary nitrogens is 2. The molecule has 0 aromatic carbocycles. The van der Waals surface area contributed by atoms with Gasteiger partial charge in [-0.1, -0.05) is 107 Å². The molecule has 11 nitrogen and oxygen atoms in total. The number of hydrogen-bond donors (Lipinski definition) is 1. The molecule has 2 rings (SSSR count). The lowest BCUT2D eigenvalue weighted by Gasteiger charge is -2.39. The van der Waals surface area contributed by atoms with Crippen LogP contribution >= 0.6 is 0 Å². The van der Waals surface area contributed by atoms with Crippen LogP contribution in [-0.2, 0) is 14.7 Å². The first-order valence-corrected chi connectivity index (χ1v) is 22.3. The molecule has 2 atom stereocenters. The molecule has 2 heterocycles. The minimum atomic E-state index is -5.02. The Morgan fingerprint density at radius 1 is 0.647 bits per heavy atom. The van der Waals surface area contributed by atoms with Crippen LogP contribution in [0.3, 0.4) is 0 Å². The van der Waals surface area contributed by atoms with Gasteiger partial charge in [0.25, 0.3) is 0 Å². The number of urea groups is 1. The fraction of sp³-hybridized carbons (Fsp3) is 0.949. The van der Waals surface area contributed by atoms with Crippen LogP contribution in [0.1, 0.15) is 171 Å². The van der Waals surface area contributed by atoms with E-state index in [9.17, 15) is 22.9 Å². The number of piperidine rings is 1. The number of hydrogen-bond acceptors (Lipinski definition) is 7. The van der Waals surface area contributed by atoms with Gasteiger partial charge in [-0.05, 0) is 70.1 Å². The van der Waals surface area contributed by atoms with Gasteiger partial charge < -0.3 is 28.9 Å². The summed E-state index contributed by atoms with van der Waals surface area (Å²) in [6.45, 7) is 30.1. The Balaban J connectivity index is 0.000000735. The summed E-state index contributed by atoms with van der Waals surface area (Å²) >= 11 is 0. The zero-order valence-electron chi connectivity index (χ0n) is 34.4. The molecule has 2 aliphatic rings. The highest BCUT2D eigenvalue weighted by Crippen LogP contribution is 2.30. The minimum Gasteiger partial charge on any atom is -0.861 e. The van der Waals surface area contributed by atoms with Crippen LogP contribution in [0.4, 0.5) is 4.79 Å². The first kappa shape index (κ1) is 49.5. The van der Waals surface area contributed by atoms with E-state index in [0.717, 1.165) is 4.90 Å². The highest BCUT2D eigenvalue weighted by atomic mass is 32.3. The number of rotatable bonds is 27. The number of nitrogens with one attached hydrogen (secondary N) is 1. The van der Waals surface area contributed by atoms with Crippen molar-refractivity contribution in [1.82, 2.24) is 9.96 Å². The van der Waals surface area contributed by atoms with Crippen LogP contribution in [-0.4, -0.2) is 115 Å². The second-order valence-corrected chi connectivity index (χ2v) is 16.1. The highest BCUT2D eigenvalue weighted by molar-refractivity contribution is 7.80. The fourth-order valence-electron chi connectivity index (χ4n) is 7.39. The summed E-state index contributed by atoms with van der Waals surface area (Å²) in [7, 11) is -5.02. The number of nitrogens with zero attached hydrogens (tertiary/aromatic N) is 4. The van der Waals surface area contributed by atoms with Gasteiger partial charge in [-0.3, -0.25) is 0 Å². The number of hydroxylamine groups is 2. The molecular weight excluding hydrogens is 667 g/mol. The molecule has 2 amide bonds. The summed E-state index contributed by atoms with van der Waals surface area (Å²) in [6, 6.07) is -2.32. The van der Waals surface area contributed by atoms with Crippen molar-refractivity contribution in [1.29, 1.82) is 5.41 Å². The van der Waals surface area contributed by atoms with Crippen molar-refractivity contribution < 1.29 is 36.1 Å². The van der Waals surface area contributed by atoms with E-state index in [1.807, 2.05) is 0 Å². The molecule has 0 spiro atoms. The Labute approximate surface area is 315 Å². The zero-order chi connectivity index (χ0) is 38.8.